The summed E-state index contributed by atoms with van der Waals surface area (Å²) in [5, 5.41) is 3.19. The molecule has 1 saturated carbocycles. The Bertz CT molecular complexity index is 1500. The summed E-state index contributed by atoms with van der Waals surface area (Å²) >= 11 is 3.51. The Kier molecular flexibility index (Phi) is 10.7. The van der Waals surface area contributed by atoms with Crippen molar-refractivity contribution < 1.29 is 18.0 Å². The van der Waals surface area contributed by atoms with Crippen molar-refractivity contribution in [1.82, 2.24) is 10.2 Å². The van der Waals surface area contributed by atoms with Crippen LogP contribution < -0.4 is 9.62 Å². The fourth-order valence-electron chi connectivity index (χ4n) is 5.49. The van der Waals surface area contributed by atoms with Crippen molar-refractivity contribution in [2.75, 3.05) is 17.1 Å². The molecule has 7 nitrogen and oxygen atoms in total. The quantitative estimate of drug-likeness (QED) is 0.263. The molecule has 1 aliphatic carbocycles. The highest BCUT2D eigenvalue weighted by Gasteiger charge is 2.34. The van der Waals surface area contributed by atoms with Gasteiger partial charge in [-0.25, -0.2) is 8.42 Å². The lowest BCUT2D eigenvalue weighted by molar-refractivity contribution is -0.140. The molecule has 2 amide bonds. The number of halogens is 1. The largest absolute Gasteiger partial charge is 0.352 e. The van der Waals surface area contributed by atoms with Gasteiger partial charge in [0.05, 0.1) is 11.9 Å². The summed E-state index contributed by atoms with van der Waals surface area (Å²) in [6.45, 7) is 5.98. The van der Waals surface area contributed by atoms with Crippen LogP contribution in [0.3, 0.4) is 0 Å². The minimum atomic E-state index is -3.82. The van der Waals surface area contributed by atoms with Gasteiger partial charge >= 0.3 is 0 Å². The zero-order valence-electron chi connectivity index (χ0n) is 25.4. The molecule has 0 aliphatic heterocycles. The molecule has 43 heavy (non-hydrogen) atoms. The third kappa shape index (κ3) is 9.16. The van der Waals surface area contributed by atoms with E-state index in [2.05, 4.69) is 42.0 Å². The van der Waals surface area contributed by atoms with Crippen molar-refractivity contribution in [3.63, 3.8) is 0 Å². The summed E-state index contributed by atoms with van der Waals surface area (Å²) < 4.78 is 28.1. The normalized spacial score (nSPS) is 14.7. The number of sulfonamides is 1. The zero-order chi connectivity index (χ0) is 31.2. The molecule has 1 N–H and O–H groups in total. The van der Waals surface area contributed by atoms with E-state index >= 15 is 0 Å². The van der Waals surface area contributed by atoms with Crippen molar-refractivity contribution in [3.05, 3.63) is 100 Å². The minimum Gasteiger partial charge on any atom is -0.352 e. The van der Waals surface area contributed by atoms with Crippen molar-refractivity contribution in [1.29, 1.82) is 0 Å². The number of nitrogens with zero attached hydrogens (tertiary/aromatic N) is 2. The van der Waals surface area contributed by atoms with E-state index < -0.39 is 28.5 Å². The van der Waals surface area contributed by atoms with Gasteiger partial charge in [0.1, 0.15) is 12.6 Å². The molecule has 1 aliphatic rings. The average molecular weight is 669 g/mol. The number of benzene rings is 3. The average Bonchev–Trinajstić information content (AvgIpc) is 3.46. The predicted molar refractivity (Wildman–Crippen MR) is 176 cm³/mol. The molecule has 1 atom stereocenters. The second-order valence-electron chi connectivity index (χ2n) is 12.4. The van der Waals surface area contributed by atoms with Crippen molar-refractivity contribution in [2.45, 2.75) is 76.9 Å². The summed E-state index contributed by atoms with van der Waals surface area (Å²) in [6, 6.07) is 23.7. The van der Waals surface area contributed by atoms with Crippen LogP contribution in [0.4, 0.5) is 5.69 Å². The van der Waals surface area contributed by atoms with Crippen LogP contribution in [0.1, 0.15) is 63.1 Å². The molecule has 0 unspecified atom stereocenters. The molecule has 3 aromatic rings. The zero-order valence-corrected chi connectivity index (χ0v) is 27.8. The number of hydrogen-bond donors (Lipinski definition) is 1. The van der Waals surface area contributed by atoms with E-state index in [0.29, 0.717) is 12.1 Å². The molecule has 3 aromatic carbocycles. The molecule has 230 valence electrons. The predicted octanol–water partition coefficient (Wildman–Crippen LogP) is 6.21. The van der Waals surface area contributed by atoms with Gasteiger partial charge in [-0.15, -0.1) is 0 Å². The van der Waals surface area contributed by atoms with E-state index in [1.165, 1.54) is 0 Å². The molecule has 0 saturated heterocycles. The first-order valence-electron chi connectivity index (χ1n) is 14.8. The number of carbonyl (C=O) groups is 2. The van der Waals surface area contributed by atoms with Gasteiger partial charge < -0.3 is 10.2 Å². The smallest absolute Gasteiger partial charge is 0.244 e. The molecule has 0 aromatic heterocycles. The van der Waals surface area contributed by atoms with Gasteiger partial charge in [-0.3, -0.25) is 13.9 Å². The minimum absolute atomic E-state index is 0.0717. The summed E-state index contributed by atoms with van der Waals surface area (Å²) in [7, 11) is -3.82. The Hall–Kier alpha value is -3.17. The van der Waals surface area contributed by atoms with E-state index in [-0.39, 0.29) is 23.9 Å². The van der Waals surface area contributed by atoms with Crippen molar-refractivity contribution >= 4 is 43.5 Å². The molecule has 0 bridgehead atoms. The highest BCUT2D eigenvalue weighted by atomic mass is 79.9. The first kappa shape index (κ1) is 32.7. The number of amides is 2. The van der Waals surface area contributed by atoms with Crippen LogP contribution >= 0.6 is 15.9 Å². The monoisotopic (exact) mass is 667 g/mol. The number of carbonyl (C=O) groups excluding carboxylic acids is 2. The Morgan fingerprint density at radius 2 is 1.56 bits per heavy atom. The summed E-state index contributed by atoms with van der Waals surface area (Å²) in [4.78, 5) is 29.8. The van der Waals surface area contributed by atoms with Gasteiger partial charge in [-0.2, -0.15) is 0 Å². The molecule has 0 radical (unpaired) electrons. The van der Waals surface area contributed by atoms with Crippen LogP contribution in [0.15, 0.2) is 83.3 Å². The molecule has 0 spiro atoms. The van der Waals surface area contributed by atoms with Crippen LogP contribution in [0, 0.1) is 0 Å². The van der Waals surface area contributed by atoms with Crippen molar-refractivity contribution in [3.8, 4) is 0 Å². The standard InChI is InChI=1S/C34H42BrN3O4S/c1-34(2,3)27-17-19-30(20-18-27)38(43(4,41)42)24-32(39)37(23-26-13-10-14-28(35)21-26)31(22-25-11-6-5-7-12-25)33(40)36-29-15-8-9-16-29/h5-7,10-14,17-21,29,31H,8-9,15-16,22-24H2,1-4H3,(H,36,40)/t31-/m1/s1. The Morgan fingerprint density at radius 1 is 0.930 bits per heavy atom. The van der Waals surface area contributed by atoms with Crippen LogP contribution in [-0.4, -0.2) is 50.0 Å². The number of anilines is 1. The Balaban J connectivity index is 1.72. The second kappa shape index (κ2) is 14.1. The maximum Gasteiger partial charge on any atom is 0.244 e. The maximum atomic E-state index is 14.3. The summed E-state index contributed by atoms with van der Waals surface area (Å²) in [5.74, 6) is -0.674. The summed E-state index contributed by atoms with van der Waals surface area (Å²) in [6.07, 6.45) is 5.35. The van der Waals surface area contributed by atoms with E-state index in [0.717, 1.165) is 57.4 Å². The van der Waals surface area contributed by atoms with Gasteiger partial charge in [-0.1, -0.05) is 104 Å². The van der Waals surface area contributed by atoms with Gasteiger partial charge in [0, 0.05) is 23.5 Å². The SMILES string of the molecule is CC(C)(C)c1ccc(N(CC(=O)N(Cc2cccc(Br)c2)[C@H](Cc2ccccc2)C(=O)NC2CCCC2)S(C)(=O)=O)cc1. The van der Waals surface area contributed by atoms with E-state index in [9.17, 15) is 18.0 Å². The molecule has 1 fully saturated rings. The first-order valence-corrected chi connectivity index (χ1v) is 17.4. The van der Waals surface area contributed by atoms with E-state index in [1.807, 2.05) is 66.7 Å². The molecule has 0 heterocycles. The van der Waals surface area contributed by atoms with Crippen molar-refractivity contribution in [2.24, 2.45) is 0 Å². The third-order valence-electron chi connectivity index (χ3n) is 7.92. The second-order valence-corrected chi connectivity index (χ2v) is 15.2. The fourth-order valence-corrected chi connectivity index (χ4v) is 6.79. The van der Waals surface area contributed by atoms with E-state index in [1.54, 1.807) is 17.0 Å². The number of nitrogens with one attached hydrogen (secondary N) is 1. The summed E-state index contributed by atoms with van der Waals surface area (Å²) in [5.41, 5.74) is 3.09. The molecule has 9 heteroatoms. The molecule has 4 rings (SSSR count). The third-order valence-corrected chi connectivity index (χ3v) is 9.55. The van der Waals surface area contributed by atoms with Gasteiger partial charge in [-0.05, 0) is 59.2 Å². The molecular formula is C34H42BrN3O4S. The van der Waals surface area contributed by atoms with Gasteiger partial charge in [0.15, 0.2) is 0 Å². The number of hydrogen-bond acceptors (Lipinski definition) is 4. The van der Waals surface area contributed by atoms with Crippen LogP contribution in [0.2, 0.25) is 0 Å². The lowest BCUT2D eigenvalue weighted by Gasteiger charge is -2.34. The highest BCUT2D eigenvalue weighted by molar-refractivity contribution is 9.10. The van der Waals surface area contributed by atoms with Crippen LogP contribution in [-0.2, 0) is 38.0 Å². The lowest BCUT2D eigenvalue weighted by atomic mass is 9.87. The van der Waals surface area contributed by atoms with Crippen LogP contribution in [0.25, 0.3) is 0 Å². The lowest BCUT2D eigenvalue weighted by Crippen LogP contribution is -2.54. The number of rotatable bonds is 11. The highest BCUT2D eigenvalue weighted by Crippen LogP contribution is 2.27. The van der Waals surface area contributed by atoms with Gasteiger partial charge in [0.25, 0.3) is 0 Å². The first-order chi connectivity index (χ1) is 20.3. The topological polar surface area (TPSA) is 86.8 Å². The van der Waals surface area contributed by atoms with Crippen LogP contribution in [0.5, 0.6) is 0 Å². The maximum absolute atomic E-state index is 14.3. The van der Waals surface area contributed by atoms with E-state index in [4.69, 9.17) is 0 Å². The fraction of sp³-hybridized carbons (Fsp3) is 0.412. The van der Waals surface area contributed by atoms with Gasteiger partial charge in [0.2, 0.25) is 21.8 Å². The Morgan fingerprint density at radius 3 is 2.14 bits per heavy atom. The Labute approximate surface area is 264 Å². The molecular weight excluding hydrogens is 626 g/mol.